The highest BCUT2D eigenvalue weighted by molar-refractivity contribution is 5.76. The molecule has 57 heavy (non-hydrogen) atoms. The van der Waals surface area contributed by atoms with Gasteiger partial charge in [-0.1, -0.05) is 185 Å². The van der Waals surface area contributed by atoms with Crippen molar-refractivity contribution in [2.45, 2.75) is 249 Å². The lowest BCUT2D eigenvalue weighted by Gasteiger charge is -2.40. The minimum absolute atomic E-state index is 0.184. The highest BCUT2D eigenvalue weighted by Crippen LogP contribution is 2.22. The molecule has 1 fully saturated rings. The fraction of sp³-hybridized carbons (Fsp3) is 0.854. The Labute approximate surface area is 349 Å². The second-order valence-corrected chi connectivity index (χ2v) is 16.5. The van der Waals surface area contributed by atoms with Gasteiger partial charge >= 0.3 is 0 Å². The zero-order valence-electron chi connectivity index (χ0n) is 36.6. The van der Waals surface area contributed by atoms with Gasteiger partial charge in [-0.3, -0.25) is 4.79 Å². The topological polar surface area (TPSA) is 149 Å². The third-order valence-corrected chi connectivity index (χ3v) is 11.2. The van der Waals surface area contributed by atoms with E-state index in [0.717, 1.165) is 51.4 Å². The van der Waals surface area contributed by atoms with Crippen LogP contribution in [0.25, 0.3) is 0 Å². The van der Waals surface area contributed by atoms with Gasteiger partial charge in [-0.15, -0.1) is 0 Å². The first-order chi connectivity index (χ1) is 27.8. The average Bonchev–Trinajstić information content (AvgIpc) is 3.21. The summed E-state index contributed by atoms with van der Waals surface area (Å²) in [4.78, 5) is 12.8. The molecular weight excluding hydrogens is 719 g/mol. The van der Waals surface area contributed by atoms with Crippen LogP contribution in [-0.4, -0.2) is 87.5 Å². The zero-order chi connectivity index (χ0) is 41.6. The van der Waals surface area contributed by atoms with Gasteiger partial charge in [0.25, 0.3) is 0 Å². The second kappa shape index (κ2) is 38.6. The number of amides is 1. The van der Waals surface area contributed by atoms with E-state index in [9.17, 15) is 30.3 Å². The molecule has 334 valence electrons. The summed E-state index contributed by atoms with van der Waals surface area (Å²) in [6, 6.07) is -0.799. The largest absolute Gasteiger partial charge is 0.394 e. The van der Waals surface area contributed by atoms with Gasteiger partial charge in [-0.25, -0.2) is 0 Å². The van der Waals surface area contributed by atoms with E-state index < -0.39 is 49.5 Å². The van der Waals surface area contributed by atoms with Crippen LogP contribution < -0.4 is 5.32 Å². The van der Waals surface area contributed by atoms with Gasteiger partial charge in [0.1, 0.15) is 24.4 Å². The Balaban J connectivity index is 2.06. The number of unbranched alkanes of at least 4 members (excludes halogenated alkanes) is 25. The number of hydrogen-bond acceptors (Lipinski definition) is 8. The van der Waals surface area contributed by atoms with Crippen LogP contribution in [0.3, 0.4) is 0 Å². The van der Waals surface area contributed by atoms with E-state index in [-0.39, 0.29) is 12.5 Å². The number of ether oxygens (including phenoxy) is 2. The summed E-state index contributed by atoms with van der Waals surface area (Å²) >= 11 is 0. The number of carbonyl (C=O) groups is 1. The molecule has 0 aliphatic carbocycles. The molecule has 7 atom stereocenters. The Morgan fingerprint density at radius 1 is 0.596 bits per heavy atom. The maximum absolute atomic E-state index is 12.8. The van der Waals surface area contributed by atoms with Crippen molar-refractivity contribution in [2.75, 3.05) is 13.2 Å². The highest BCUT2D eigenvalue weighted by Gasteiger charge is 2.44. The molecule has 0 radical (unpaired) electrons. The van der Waals surface area contributed by atoms with E-state index in [1.807, 2.05) is 6.08 Å². The molecule has 9 heteroatoms. The Bertz CT molecular complexity index is 987. The normalized spacial score (nSPS) is 21.3. The lowest BCUT2D eigenvalue weighted by molar-refractivity contribution is -0.302. The summed E-state index contributed by atoms with van der Waals surface area (Å²) in [7, 11) is 0. The molecule has 1 amide bonds. The smallest absolute Gasteiger partial charge is 0.220 e. The molecule has 1 aliphatic heterocycles. The van der Waals surface area contributed by atoms with Crippen molar-refractivity contribution in [3.63, 3.8) is 0 Å². The number of nitrogens with one attached hydrogen (secondary N) is 1. The van der Waals surface area contributed by atoms with Gasteiger partial charge < -0.3 is 40.3 Å². The first-order valence-electron chi connectivity index (χ1n) is 23.7. The van der Waals surface area contributed by atoms with E-state index in [1.54, 1.807) is 6.08 Å². The highest BCUT2D eigenvalue weighted by atomic mass is 16.7. The summed E-state index contributed by atoms with van der Waals surface area (Å²) in [6.45, 7) is 3.65. The third-order valence-electron chi connectivity index (χ3n) is 11.2. The van der Waals surface area contributed by atoms with Gasteiger partial charge in [0.05, 0.1) is 25.4 Å². The van der Waals surface area contributed by atoms with Crippen LogP contribution in [0.15, 0.2) is 36.5 Å². The molecule has 0 aromatic rings. The van der Waals surface area contributed by atoms with Crippen molar-refractivity contribution < 1.29 is 39.8 Å². The van der Waals surface area contributed by atoms with Gasteiger partial charge in [-0.05, 0) is 51.4 Å². The standard InChI is InChI=1S/C48H89NO8/c1-3-5-7-9-10-11-12-13-14-15-16-17-18-19-20-21-22-23-24-25-26-27-28-29-30-31-32-34-36-38-44(52)49-41(42(51)37-35-33-8-6-4-2)40-56-48-47(55)46(54)45(53)43(39-50)57-48/h12-13,15-16,35,37,41-43,45-48,50-51,53-55H,3-11,14,17-34,36,38-40H2,1-2H3,(H,49,52)/b13-12-,16-15-,37-35+. The minimum atomic E-state index is -1.56. The Morgan fingerprint density at radius 3 is 1.54 bits per heavy atom. The lowest BCUT2D eigenvalue weighted by atomic mass is 9.99. The number of aliphatic hydroxyl groups is 5. The van der Waals surface area contributed by atoms with Crippen LogP contribution in [0.5, 0.6) is 0 Å². The molecule has 0 saturated carbocycles. The van der Waals surface area contributed by atoms with Crippen molar-refractivity contribution in [1.82, 2.24) is 5.32 Å². The average molecular weight is 808 g/mol. The molecule has 0 bridgehead atoms. The summed E-state index contributed by atoms with van der Waals surface area (Å²) in [5.41, 5.74) is 0. The molecule has 1 saturated heterocycles. The van der Waals surface area contributed by atoms with Gasteiger partial charge in [0, 0.05) is 6.42 Å². The maximum atomic E-state index is 12.8. The number of carbonyl (C=O) groups excluding carboxylic acids is 1. The lowest BCUT2D eigenvalue weighted by Crippen LogP contribution is -2.60. The van der Waals surface area contributed by atoms with Crippen LogP contribution in [0.2, 0.25) is 0 Å². The van der Waals surface area contributed by atoms with Crippen molar-refractivity contribution >= 4 is 5.91 Å². The Morgan fingerprint density at radius 2 is 1.04 bits per heavy atom. The summed E-state index contributed by atoms with van der Waals surface area (Å²) < 4.78 is 11.1. The first kappa shape index (κ1) is 53.4. The predicted molar refractivity (Wildman–Crippen MR) is 235 cm³/mol. The van der Waals surface area contributed by atoms with Crippen LogP contribution in [-0.2, 0) is 14.3 Å². The molecule has 1 rings (SSSR count). The SMILES string of the molecule is CCCCC/C=C/C(O)C(COC1OC(CO)C(O)C(O)C1O)NC(=O)CCCCCCCCCCCCCCCCCCC/C=C\C/C=C\CCCCCCC. The summed E-state index contributed by atoms with van der Waals surface area (Å²) in [5, 5.41) is 53.7. The fourth-order valence-electron chi connectivity index (χ4n) is 7.36. The van der Waals surface area contributed by atoms with E-state index in [4.69, 9.17) is 9.47 Å². The van der Waals surface area contributed by atoms with E-state index in [0.29, 0.717) is 6.42 Å². The second-order valence-electron chi connectivity index (χ2n) is 16.5. The quantitative estimate of drug-likeness (QED) is 0.0266. The third kappa shape index (κ3) is 29.3. The van der Waals surface area contributed by atoms with Gasteiger partial charge in [-0.2, -0.15) is 0 Å². The summed E-state index contributed by atoms with van der Waals surface area (Å²) in [6.07, 6.45) is 41.2. The predicted octanol–water partition coefficient (Wildman–Crippen LogP) is 10.1. The molecular formula is C48H89NO8. The molecule has 7 unspecified atom stereocenters. The van der Waals surface area contributed by atoms with Gasteiger partial charge in [0.15, 0.2) is 6.29 Å². The molecule has 0 aromatic carbocycles. The molecule has 0 aromatic heterocycles. The number of rotatable bonds is 39. The van der Waals surface area contributed by atoms with Crippen LogP contribution in [0, 0.1) is 0 Å². The minimum Gasteiger partial charge on any atom is -0.394 e. The maximum Gasteiger partial charge on any atom is 0.220 e. The first-order valence-corrected chi connectivity index (χ1v) is 23.7. The van der Waals surface area contributed by atoms with Crippen LogP contribution in [0.4, 0.5) is 0 Å². The molecule has 6 N–H and O–H groups in total. The van der Waals surface area contributed by atoms with Gasteiger partial charge in [0.2, 0.25) is 5.91 Å². The van der Waals surface area contributed by atoms with E-state index in [2.05, 4.69) is 43.5 Å². The van der Waals surface area contributed by atoms with Crippen LogP contribution in [0.1, 0.15) is 206 Å². The summed E-state index contributed by atoms with van der Waals surface area (Å²) in [5.74, 6) is -0.184. The molecule has 1 aliphatic rings. The monoisotopic (exact) mass is 808 g/mol. The number of allylic oxidation sites excluding steroid dienone is 5. The van der Waals surface area contributed by atoms with Crippen molar-refractivity contribution in [2.24, 2.45) is 0 Å². The van der Waals surface area contributed by atoms with E-state index >= 15 is 0 Å². The molecule has 0 spiro atoms. The number of hydrogen-bond donors (Lipinski definition) is 6. The Hall–Kier alpha value is -1.59. The van der Waals surface area contributed by atoms with Crippen molar-refractivity contribution in [1.29, 1.82) is 0 Å². The van der Waals surface area contributed by atoms with Crippen molar-refractivity contribution in [3.05, 3.63) is 36.5 Å². The van der Waals surface area contributed by atoms with E-state index in [1.165, 1.54) is 135 Å². The van der Waals surface area contributed by atoms with Crippen LogP contribution >= 0.6 is 0 Å². The molecule has 1 heterocycles. The fourth-order valence-corrected chi connectivity index (χ4v) is 7.36. The zero-order valence-corrected chi connectivity index (χ0v) is 36.6. The van der Waals surface area contributed by atoms with Crippen molar-refractivity contribution in [3.8, 4) is 0 Å². The molecule has 9 nitrogen and oxygen atoms in total. The number of aliphatic hydroxyl groups excluding tert-OH is 5. The Kier molecular flexibility index (Phi) is 36.2.